The van der Waals surface area contributed by atoms with Gasteiger partial charge in [0.2, 0.25) is 0 Å². The van der Waals surface area contributed by atoms with Crippen molar-refractivity contribution in [2.75, 3.05) is 13.6 Å². The Morgan fingerprint density at radius 2 is 2.16 bits per heavy atom. The molecule has 19 heavy (non-hydrogen) atoms. The second kappa shape index (κ2) is 6.92. The normalized spacial score (nSPS) is 11.3. The molecule has 2 rings (SSSR count). The fourth-order valence-electron chi connectivity index (χ4n) is 2.35. The van der Waals surface area contributed by atoms with Crippen LogP contribution in [-0.2, 0) is 13.0 Å². The van der Waals surface area contributed by atoms with Crippen molar-refractivity contribution in [1.29, 1.82) is 0 Å². The average molecular weight is 280 g/mol. The zero-order valence-electron chi connectivity index (χ0n) is 11.7. The number of benzene rings is 1. The van der Waals surface area contributed by atoms with Crippen molar-refractivity contribution in [2.45, 2.75) is 39.2 Å². The molecule has 104 valence electrons. The van der Waals surface area contributed by atoms with Gasteiger partial charge in [-0.3, -0.25) is 0 Å². The number of aryl methyl sites for hydroxylation is 1. The van der Waals surface area contributed by atoms with Gasteiger partial charge in [-0.05, 0) is 31.7 Å². The number of hydrogen-bond acceptors (Lipinski definition) is 2. The number of rotatable bonds is 7. The first-order chi connectivity index (χ1) is 9.26. The molecule has 1 aromatic heterocycles. The van der Waals surface area contributed by atoms with E-state index < -0.39 is 0 Å². The maximum atomic E-state index is 6.05. The first kappa shape index (κ1) is 14.4. The molecule has 1 N–H and O–H groups in total. The summed E-state index contributed by atoms with van der Waals surface area (Å²) in [7, 11) is 1.97. The van der Waals surface area contributed by atoms with Crippen LogP contribution in [0.5, 0.6) is 0 Å². The van der Waals surface area contributed by atoms with Crippen LogP contribution >= 0.6 is 11.6 Å². The molecular weight excluding hydrogens is 258 g/mol. The quantitative estimate of drug-likeness (QED) is 0.784. The summed E-state index contributed by atoms with van der Waals surface area (Å²) in [6.07, 6.45) is 4.66. The van der Waals surface area contributed by atoms with Crippen molar-refractivity contribution >= 4 is 22.6 Å². The Bertz CT molecular complexity index is 533. The number of likely N-dealkylation sites (N-methyl/N-ethyl adjacent to an activating group) is 1. The van der Waals surface area contributed by atoms with Crippen LogP contribution in [0.1, 0.15) is 32.0 Å². The second-order valence-corrected chi connectivity index (χ2v) is 5.31. The zero-order valence-corrected chi connectivity index (χ0v) is 12.5. The molecule has 0 radical (unpaired) electrons. The lowest BCUT2D eigenvalue weighted by molar-refractivity contribution is 0.585. The Morgan fingerprint density at radius 1 is 1.32 bits per heavy atom. The molecule has 1 heterocycles. The molecule has 4 heteroatoms. The van der Waals surface area contributed by atoms with Crippen molar-refractivity contribution < 1.29 is 0 Å². The summed E-state index contributed by atoms with van der Waals surface area (Å²) in [6.45, 7) is 4.23. The third kappa shape index (κ3) is 3.48. The number of aromatic nitrogens is 2. The molecule has 0 spiro atoms. The molecular formula is C15H22ClN3. The Balaban J connectivity index is 2.31. The van der Waals surface area contributed by atoms with E-state index in [2.05, 4.69) is 22.9 Å². The van der Waals surface area contributed by atoms with Crippen molar-refractivity contribution in [3.8, 4) is 0 Å². The highest BCUT2D eigenvalue weighted by atomic mass is 35.5. The number of imidazole rings is 1. The summed E-state index contributed by atoms with van der Waals surface area (Å²) in [5.74, 6) is 1.16. The monoisotopic (exact) mass is 279 g/mol. The van der Waals surface area contributed by atoms with Crippen molar-refractivity contribution in [2.24, 2.45) is 0 Å². The van der Waals surface area contributed by atoms with Crippen molar-refractivity contribution in [1.82, 2.24) is 14.9 Å². The van der Waals surface area contributed by atoms with Crippen LogP contribution in [0.15, 0.2) is 18.2 Å². The molecule has 0 aliphatic rings. The van der Waals surface area contributed by atoms with E-state index in [9.17, 15) is 0 Å². The fraction of sp³-hybridized carbons (Fsp3) is 0.533. The average Bonchev–Trinajstić information content (AvgIpc) is 2.74. The number of hydrogen-bond donors (Lipinski definition) is 1. The van der Waals surface area contributed by atoms with Crippen molar-refractivity contribution in [3.63, 3.8) is 0 Å². The third-order valence-corrected chi connectivity index (χ3v) is 3.61. The third-order valence-electron chi connectivity index (χ3n) is 3.37. The molecule has 0 aliphatic carbocycles. The molecule has 0 saturated carbocycles. The highest BCUT2D eigenvalue weighted by Gasteiger charge is 2.10. The van der Waals surface area contributed by atoms with E-state index >= 15 is 0 Å². The van der Waals surface area contributed by atoms with Crippen LogP contribution < -0.4 is 5.32 Å². The Kier molecular flexibility index (Phi) is 5.23. The molecule has 0 unspecified atom stereocenters. The molecule has 0 fully saturated rings. The largest absolute Gasteiger partial charge is 0.328 e. The van der Waals surface area contributed by atoms with Crippen LogP contribution in [0.2, 0.25) is 5.02 Å². The molecule has 0 aliphatic heterocycles. The zero-order chi connectivity index (χ0) is 13.7. The van der Waals surface area contributed by atoms with Crippen LogP contribution in [0, 0.1) is 0 Å². The predicted molar refractivity (Wildman–Crippen MR) is 81.9 cm³/mol. The molecule has 3 nitrogen and oxygen atoms in total. The van der Waals surface area contributed by atoms with E-state index in [-0.39, 0.29) is 0 Å². The van der Waals surface area contributed by atoms with Gasteiger partial charge in [0.15, 0.2) is 0 Å². The van der Waals surface area contributed by atoms with Crippen LogP contribution in [-0.4, -0.2) is 23.1 Å². The molecule has 0 saturated heterocycles. The summed E-state index contributed by atoms with van der Waals surface area (Å²) in [5.41, 5.74) is 2.21. The fourth-order valence-corrected chi connectivity index (χ4v) is 2.52. The lowest BCUT2D eigenvalue weighted by atomic mass is 10.2. The highest BCUT2D eigenvalue weighted by molar-refractivity contribution is 6.31. The molecule has 0 bridgehead atoms. The lowest BCUT2D eigenvalue weighted by Crippen LogP contribution is -2.14. The van der Waals surface area contributed by atoms with Gasteiger partial charge in [0.1, 0.15) is 5.82 Å². The van der Waals surface area contributed by atoms with Gasteiger partial charge < -0.3 is 9.88 Å². The van der Waals surface area contributed by atoms with Gasteiger partial charge in [-0.2, -0.15) is 0 Å². The molecule has 0 atom stereocenters. The van der Waals surface area contributed by atoms with Gasteiger partial charge in [-0.25, -0.2) is 4.98 Å². The van der Waals surface area contributed by atoms with Crippen LogP contribution in [0.3, 0.4) is 0 Å². The van der Waals surface area contributed by atoms with Crippen LogP contribution in [0.4, 0.5) is 0 Å². The Labute approximate surface area is 120 Å². The van der Waals surface area contributed by atoms with Gasteiger partial charge in [0, 0.05) is 24.5 Å². The first-order valence-electron chi connectivity index (χ1n) is 7.05. The second-order valence-electron chi connectivity index (χ2n) is 4.87. The molecule has 2 aromatic rings. The maximum Gasteiger partial charge on any atom is 0.111 e. The van der Waals surface area contributed by atoms with Crippen LogP contribution in [0.25, 0.3) is 11.0 Å². The lowest BCUT2D eigenvalue weighted by Gasteiger charge is -2.08. The van der Waals surface area contributed by atoms with E-state index in [0.717, 1.165) is 35.9 Å². The number of halogens is 1. The highest BCUT2D eigenvalue weighted by Crippen LogP contribution is 2.21. The summed E-state index contributed by atoms with van der Waals surface area (Å²) >= 11 is 6.05. The van der Waals surface area contributed by atoms with E-state index in [0.29, 0.717) is 0 Å². The molecule has 1 aromatic carbocycles. The number of nitrogens with zero attached hydrogens (tertiary/aromatic N) is 2. The summed E-state index contributed by atoms with van der Waals surface area (Å²) in [4.78, 5) is 4.73. The van der Waals surface area contributed by atoms with E-state index in [1.165, 1.54) is 24.8 Å². The molecule has 0 amide bonds. The predicted octanol–water partition coefficient (Wildman–Crippen LogP) is 3.64. The minimum Gasteiger partial charge on any atom is -0.328 e. The van der Waals surface area contributed by atoms with E-state index in [1.807, 2.05) is 19.2 Å². The Hall–Kier alpha value is -1.06. The van der Waals surface area contributed by atoms with Gasteiger partial charge in [-0.1, -0.05) is 31.4 Å². The topological polar surface area (TPSA) is 29.9 Å². The summed E-state index contributed by atoms with van der Waals surface area (Å²) in [6, 6.07) is 5.99. The minimum absolute atomic E-state index is 0.755. The van der Waals surface area contributed by atoms with Crippen molar-refractivity contribution in [3.05, 3.63) is 29.0 Å². The SMILES string of the molecule is CCCCCn1c(CCNC)nc2cc(Cl)ccc21. The van der Waals surface area contributed by atoms with E-state index in [4.69, 9.17) is 16.6 Å². The number of fused-ring (bicyclic) bond motifs is 1. The van der Waals surface area contributed by atoms with Gasteiger partial charge in [-0.15, -0.1) is 0 Å². The number of unbranched alkanes of at least 4 members (excludes halogenated alkanes) is 2. The standard InChI is InChI=1S/C15H22ClN3/c1-3-4-5-10-19-14-7-6-12(16)11-13(14)18-15(19)8-9-17-2/h6-7,11,17H,3-5,8-10H2,1-2H3. The first-order valence-corrected chi connectivity index (χ1v) is 7.43. The van der Waals surface area contributed by atoms with E-state index in [1.54, 1.807) is 0 Å². The summed E-state index contributed by atoms with van der Waals surface area (Å²) < 4.78 is 2.35. The number of nitrogens with one attached hydrogen (secondary N) is 1. The van der Waals surface area contributed by atoms with Gasteiger partial charge in [0.25, 0.3) is 0 Å². The minimum atomic E-state index is 0.755. The smallest absolute Gasteiger partial charge is 0.111 e. The Morgan fingerprint density at radius 3 is 2.89 bits per heavy atom. The summed E-state index contributed by atoms with van der Waals surface area (Å²) in [5, 5.41) is 3.94. The van der Waals surface area contributed by atoms with Gasteiger partial charge >= 0.3 is 0 Å². The van der Waals surface area contributed by atoms with Gasteiger partial charge in [0.05, 0.1) is 11.0 Å². The maximum absolute atomic E-state index is 6.05.